The van der Waals surface area contributed by atoms with E-state index in [1.165, 1.54) is 5.56 Å². The molecule has 1 unspecified atom stereocenters. The molecule has 0 bridgehead atoms. The predicted molar refractivity (Wildman–Crippen MR) is 93.5 cm³/mol. The molecular formula is C19H27N3O2. The molecule has 24 heavy (non-hydrogen) atoms. The highest BCUT2D eigenvalue weighted by Gasteiger charge is 2.30. The molecule has 2 heterocycles. The molecule has 2 saturated heterocycles. The van der Waals surface area contributed by atoms with Crippen LogP contribution in [0.25, 0.3) is 0 Å². The SMILES string of the molecule is CC(=O)N1CCC(CNC(=O)N2CCCC2c2ccccc2)CC1. The fraction of sp³-hybridized carbons (Fsp3) is 0.579. The van der Waals surface area contributed by atoms with Gasteiger partial charge in [-0.15, -0.1) is 0 Å². The lowest BCUT2D eigenvalue weighted by atomic mass is 9.97. The largest absolute Gasteiger partial charge is 0.343 e. The first-order valence-electron chi connectivity index (χ1n) is 9.00. The summed E-state index contributed by atoms with van der Waals surface area (Å²) >= 11 is 0. The number of nitrogens with zero attached hydrogens (tertiary/aromatic N) is 2. The molecule has 130 valence electrons. The lowest BCUT2D eigenvalue weighted by Gasteiger charge is -2.32. The van der Waals surface area contributed by atoms with Crippen molar-refractivity contribution in [3.05, 3.63) is 35.9 Å². The van der Waals surface area contributed by atoms with Crippen LogP contribution in [-0.2, 0) is 4.79 Å². The lowest BCUT2D eigenvalue weighted by Crippen LogP contribution is -2.44. The second kappa shape index (κ2) is 7.69. The molecular weight excluding hydrogens is 302 g/mol. The van der Waals surface area contributed by atoms with Crippen LogP contribution in [0.5, 0.6) is 0 Å². The maximum Gasteiger partial charge on any atom is 0.317 e. The molecule has 2 aliphatic rings. The van der Waals surface area contributed by atoms with E-state index in [1.807, 2.05) is 28.0 Å². The first-order valence-corrected chi connectivity index (χ1v) is 9.00. The van der Waals surface area contributed by atoms with Crippen LogP contribution in [0.15, 0.2) is 30.3 Å². The number of amides is 3. The van der Waals surface area contributed by atoms with Crippen LogP contribution in [0, 0.1) is 5.92 Å². The summed E-state index contributed by atoms with van der Waals surface area (Å²) < 4.78 is 0. The van der Waals surface area contributed by atoms with E-state index in [1.54, 1.807) is 6.92 Å². The molecule has 1 atom stereocenters. The Morgan fingerprint density at radius 3 is 2.46 bits per heavy atom. The average Bonchev–Trinajstić information content (AvgIpc) is 3.10. The molecule has 1 aromatic rings. The molecule has 3 amide bonds. The van der Waals surface area contributed by atoms with E-state index in [4.69, 9.17) is 0 Å². The van der Waals surface area contributed by atoms with Crippen LogP contribution in [0.2, 0.25) is 0 Å². The third kappa shape index (κ3) is 3.89. The number of nitrogens with one attached hydrogen (secondary N) is 1. The van der Waals surface area contributed by atoms with Gasteiger partial charge in [-0.1, -0.05) is 30.3 Å². The molecule has 2 fully saturated rings. The van der Waals surface area contributed by atoms with Crippen molar-refractivity contribution in [2.45, 2.75) is 38.6 Å². The van der Waals surface area contributed by atoms with Crippen LogP contribution in [0.3, 0.4) is 0 Å². The maximum atomic E-state index is 12.6. The summed E-state index contributed by atoms with van der Waals surface area (Å²) in [7, 11) is 0. The van der Waals surface area contributed by atoms with Crippen LogP contribution in [0.4, 0.5) is 4.79 Å². The van der Waals surface area contributed by atoms with E-state index in [-0.39, 0.29) is 18.0 Å². The zero-order valence-electron chi connectivity index (χ0n) is 14.4. The Kier molecular flexibility index (Phi) is 5.38. The van der Waals surface area contributed by atoms with Crippen molar-refractivity contribution in [2.75, 3.05) is 26.2 Å². The number of hydrogen-bond acceptors (Lipinski definition) is 2. The number of carbonyl (C=O) groups excluding carboxylic acids is 2. The molecule has 0 aliphatic carbocycles. The summed E-state index contributed by atoms with van der Waals surface area (Å²) in [5.74, 6) is 0.627. The summed E-state index contributed by atoms with van der Waals surface area (Å²) in [4.78, 5) is 27.8. The number of benzene rings is 1. The summed E-state index contributed by atoms with van der Waals surface area (Å²) in [5.41, 5.74) is 1.22. The summed E-state index contributed by atoms with van der Waals surface area (Å²) in [6, 6.07) is 10.5. The molecule has 0 saturated carbocycles. The first-order chi connectivity index (χ1) is 11.6. The van der Waals surface area contributed by atoms with Gasteiger partial charge in [0.1, 0.15) is 0 Å². The average molecular weight is 329 g/mol. The zero-order valence-corrected chi connectivity index (χ0v) is 14.4. The molecule has 0 aromatic heterocycles. The highest BCUT2D eigenvalue weighted by atomic mass is 16.2. The second-order valence-corrected chi connectivity index (χ2v) is 6.90. The predicted octanol–water partition coefficient (Wildman–Crippen LogP) is 2.79. The normalized spacial score (nSPS) is 21.8. The number of piperidine rings is 1. The molecule has 1 N–H and O–H groups in total. The minimum atomic E-state index is 0.0513. The third-order valence-electron chi connectivity index (χ3n) is 5.30. The minimum absolute atomic E-state index is 0.0513. The van der Waals surface area contributed by atoms with Gasteiger partial charge in [-0.25, -0.2) is 4.79 Å². The number of likely N-dealkylation sites (tertiary alicyclic amines) is 2. The number of hydrogen-bond donors (Lipinski definition) is 1. The molecule has 3 rings (SSSR count). The fourth-order valence-electron chi connectivity index (χ4n) is 3.82. The Morgan fingerprint density at radius 1 is 1.08 bits per heavy atom. The Morgan fingerprint density at radius 2 is 1.79 bits per heavy atom. The van der Waals surface area contributed by atoms with Crippen molar-refractivity contribution in [1.29, 1.82) is 0 Å². The molecule has 0 radical (unpaired) electrons. The van der Waals surface area contributed by atoms with Gasteiger partial charge in [-0.05, 0) is 37.2 Å². The van der Waals surface area contributed by atoms with Gasteiger partial charge in [0.2, 0.25) is 5.91 Å². The quantitative estimate of drug-likeness (QED) is 0.927. The Bertz CT molecular complexity index is 567. The highest BCUT2D eigenvalue weighted by molar-refractivity contribution is 5.75. The smallest absolute Gasteiger partial charge is 0.317 e. The van der Waals surface area contributed by atoms with E-state index in [0.29, 0.717) is 12.5 Å². The summed E-state index contributed by atoms with van der Waals surface area (Å²) in [5, 5.41) is 3.12. The van der Waals surface area contributed by atoms with Crippen LogP contribution >= 0.6 is 0 Å². The topological polar surface area (TPSA) is 52.7 Å². The van der Waals surface area contributed by atoms with Crippen LogP contribution in [-0.4, -0.2) is 47.9 Å². The maximum absolute atomic E-state index is 12.6. The lowest BCUT2D eigenvalue weighted by molar-refractivity contribution is -0.130. The van der Waals surface area contributed by atoms with Gasteiger partial charge in [-0.3, -0.25) is 4.79 Å². The molecule has 1 aromatic carbocycles. The van der Waals surface area contributed by atoms with E-state index in [9.17, 15) is 9.59 Å². The zero-order chi connectivity index (χ0) is 16.9. The van der Waals surface area contributed by atoms with E-state index in [0.717, 1.165) is 45.3 Å². The van der Waals surface area contributed by atoms with Crippen molar-refractivity contribution < 1.29 is 9.59 Å². The minimum Gasteiger partial charge on any atom is -0.343 e. The van der Waals surface area contributed by atoms with Gasteiger partial charge >= 0.3 is 6.03 Å². The third-order valence-corrected chi connectivity index (χ3v) is 5.30. The van der Waals surface area contributed by atoms with Crippen molar-refractivity contribution >= 4 is 11.9 Å². The number of rotatable bonds is 3. The Labute approximate surface area is 144 Å². The molecule has 5 heteroatoms. The monoisotopic (exact) mass is 329 g/mol. The van der Waals surface area contributed by atoms with E-state index in [2.05, 4.69) is 17.4 Å². The Balaban J connectivity index is 1.49. The van der Waals surface area contributed by atoms with Crippen LogP contribution < -0.4 is 5.32 Å². The van der Waals surface area contributed by atoms with Crippen molar-refractivity contribution in [2.24, 2.45) is 5.92 Å². The second-order valence-electron chi connectivity index (χ2n) is 6.90. The van der Waals surface area contributed by atoms with Gasteiger partial charge in [0, 0.05) is 33.1 Å². The van der Waals surface area contributed by atoms with Crippen molar-refractivity contribution in [3.8, 4) is 0 Å². The molecule has 0 spiro atoms. The summed E-state index contributed by atoms with van der Waals surface area (Å²) in [6.45, 7) is 4.79. The van der Waals surface area contributed by atoms with E-state index >= 15 is 0 Å². The Hall–Kier alpha value is -2.04. The van der Waals surface area contributed by atoms with Crippen LogP contribution in [0.1, 0.15) is 44.2 Å². The van der Waals surface area contributed by atoms with Crippen molar-refractivity contribution in [1.82, 2.24) is 15.1 Å². The van der Waals surface area contributed by atoms with Gasteiger partial charge in [0.25, 0.3) is 0 Å². The van der Waals surface area contributed by atoms with Gasteiger partial charge in [0.05, 0.1) is 6.04 Å². The standard InChI is InChI=1S/C19H27N3O2/c1-15(23)21-12-9-16(10-13-21)14-20-19(24)22-11-5-8-18(22)17-6-3-2-4-7-17/h2-4,6-7,16,18H,5,8-14H2,1H3,(H,20,24). The first kappa shape index (κ1) is 16.8. The van der Waals surface area contributed by atoms with Gasteiger partial charge in [-0.2, -0.15) is 0 Å². The van der Waals surface area contributed by atoms with Gasteiger partial charge in [0.15, 0.2) is 0 Å². The molecule has 2 aliphatic heterocycles. The van der Waals surface area contributed by atoms with E-state index < -0.39 is 0 Å². The van der Waals surface area contributed by atoms with Crippen molar-refractivity contribution in [3.63, 3.8) is 0 Å². The summed E-state index contributed by atoms with van der Waals surface area (Å²) in [6.07, 6.45) is 4.04. The fourth-order valence-corrected chi connectivity index (χ4v) is 3.82. The number of urea groups is 1. The molecule has 5 nitrogen and oxygen atoms in total. The van der Waals surface area contributed by atoms with Gasteiger partial charge < -0.3 is 15.1 Å². The number of carbonyl (C=O) groups is 2. The highest BCUT2D eigenvalue weighted by Crippen LogP contribution is 2.31.